The summed E-state index contributed by atoms with van der Waals surface area (Å²) in [4.78, 5) is 37.6. The Labute approximate surface area is 173 Å². The normalized spacial score (nSPS) is 23.5. The molecule has 0 spiro atoms. The highest BCUT2D eigenvalue weighted by Crippen LogP contribution is 2.39. The van der Waals surface area contributed by atoms with Gasteiger partial charge in [-0.3, -0.25) is 9.59 Å². The fourth-order valence-corrected chi connectivity index (χ4v) is 4.84. The van der Waals surface area contributed by atoms with Crippen molar-refractivity contribution in [2.75, 3.05) is 18.0 Å². The summed E-state index contributed by atoms with van der Waals surface area (Å²) in [5.74, 6) is -2.12. The maximum atomic E-state index is 15.3. The van der Waals surface area contributed by atoms with Crippen molar-refractivity contribution in [2.24, 2.45) is 5.92 Å². The molecular weight excluding hydrogens is 391 g/mol. The summed E-state index contributed by atoms with van der Waals surface area (Å²) in [5.41, 5.74) is 0.839. The molecule has 2 aliphatic heterocycles. The van der Waals surface area contributed by atoms with Gasteiger partial charge < -0.3 is 19.3 Å². The maximum absolute atomic E-state index is 15.3. The van der Waals surface area contributed by atoms with Gasteiger partial charge in [-0.05, 0) is 25.8 Å². The molecule has 2 aromatic rings. The molecule has 0 radical (unpaired) electrons. The number of carbonyl (C=O) groups is 2. The quantitative estimate of drug-likeness (QED) is 0.774. The number of halogens is 1. The molecule has 3 heterocycles. The molecule has 3 atom stereocenters. The average molecular weight is 416 g/mol. The van der Waals surface area contributed by atoms with E-state index >= 15 is 4.39 Å². The Hall–Kier alpha value is -2.90. The van der Waals surface area contributed by atoms with Crippen molar-refractivity contribution in [2.45, 2.75) is 52.2 Å². The van der Waals surface area contributed by atoms with Gasteiger partial charge in [0.15, 0.2) is 0 Å². The van der Waals surface area contributed by atoms with E-state index in [4.69, 9.17) is 4.74 Å². The number of hydrogen-bond donors (Lipinski definition) is 1. The number of hydrogen-bond acceptors (Lipinski definition) is 5. The van der Waals surface area contributed by atoms with Gasteiger partial charge >= 0.3 is 11.9 Å². The first-order chi connectivity index (χ1) is 14.2. The Morgan fingerprint density at radius 1 is 1.27 bits per heavy atom. The minimum Gasteiger partial charge on any atom is -0.477 e. The van der Waals surface area contributed by atoms with Crippen LogP contribution in [0.1, 0.15) is 55.6 Å². The van der Waals surface area contributed by atoms with Crippen LogP contribution in [0.3, 0.4) is 0 Å². The number of carboxylic acids is 1. The smallest absolute Gasteiger partial charge is 0.341 e. The van der Waals surface area contributed by atoms with E-state index in [2.05, 4.69) is 0 Å². The lowest BCUT2D eigenvalue weighted by Gasteiger charge is -2.39. The molecule has 0 amide bonds. The number of carboxylic acid groups (broad SMARTS) is 1. The van der Waals surface area contributed by atoms with Crippen molar-refractivity contribution < 1.29 is 23.8 Å². The molecule has 0 saturated carbocycles. The van der Waals surface area contributed by atoms with Crippen LogP contribution in [0.5, 0.6) is 0 Å². The van der Waals surface area contributed by atoms with E-state index in [-0.39, 0.29) is 35.0 Å². The van der Waals surface area contributed by atoms with Crippen LogP contribution in [0.4, 0.5) is 10.1 Å². The molecule has 30 heavy (non-hydrogen) atoms. The summed E-state index contributed by atoms with van der Waals surface area (Å²) >= 11 is 0. The minimum absolute atomic E-state index is 0.00522. The van der Waals surface area contributed by atoms with Gasteiger partial charge in [0.1, 0.15) is 17.5 Å². The van der Waals surface area contributed by atoms with Gasteiger partial charge in [0.2, 0.25) is 5.43 Å². The van der Waals surface area contributed by atoms with Gasteiger partial charge in [-0.25, -0.2) is 9.18 Å². The van der Waals surface area contributed by atoms with E-state index in [1.54, 1.807) is 4.57 Å². The molecule has 7 nitrogen and oxygen atoms in total. The van der Waals surface area contributed by atoms with Gasteiger partial charge in [-0.1, -0.05) is 6.92 Å². The largest absolute Gasteiger partial charge is 0.477 e. The summed E-state index contributed by atoms with van der Waals surface area (Å²) in [6.45, 7) is 6.39. The highest BCUT2D eigenvalue weighted by atomic mass is 19.1. The van der Waals surface area contributed by atoms with Gasteiger partial charge in [0.25, 0.3) is 0 Å². The summed E-state index contributed by atoms with van der Waals surface area (Å²) in [7, 11) is 0. The monoisotopic (exact) mass is 416 g/mol. The van der Waals surface area contributed by atoms with Crippen LogP contribution in [0.25, 0.3) is 10.9 Å². The van der Waals surface area contributed by atoms with E-state index in [1.165, 1.54) is 19.2 Å². The number of piperidine rings is 1. The second kappa shape index (κ2) is 7.41. The molecule has 2 unspecified atom stereocenters. The van der Waals surface area contributed by atoms with Crippen molar-refractivity contribution in [3.63, 3.8) is 0 Å². The van der Waals surface area contributed by atoms with Crippen molar-refractivity contribution in [3.05, 3.63) is 39.4 Å². The molecule has 1 aromatic heterocycles. The molecule has 2 aliphatic rings. The first-order valence-corrected chi connectivity index (χ1v) is 10.2. The number of aryl methyl sites for hydroxylation is 1. The van der Waals surface area contributed by atoms with E-state index in [0.717, 1.165) is 12.0 Å². The molecule has 0 aliphatic carbocycles. The lowest BCUT2D eigenvalue weighted by Crippen LogP contribution is -2.44. The average Bonchev–Trinajstić information content (AvgIpc) is 2.67. The van der Waals surface area contributed by atoms with Crippen molar-refractivity contribution in [1.29, 1.82) is 0 Å². The summed E-state index contributed by atoms with van der Waals surface area (Å²) < 4.78 is 22.5. The van der Waals surface area contributed by atoms with E-state index in [1.807, 2.05) is 18.7 Å². The van der Waals surface area contributed by atoms with E-state index < -0.39 is 17.2 Å². The van der Waals surface area contributed by atoms with Crippen LogP contribution in [-0.2, 0) is 16.0 Å². The fraction of sp³-hybridized carbons (Fsp3) is 0.500. The molecular formula is C22H25FN2O5. The third-order valence-electron chi connectivity index (χ3n) is 6.32. The molecule has 1 aromatic carbocycles. The first kappa shape index (κ1) is 20.4. The number of anilines is 1. The maximum Gasteiger partial charge on any atom is 0.341 e. The molecule has 0 bridgehead atoms. The van der Waals surface area contributed by atoms with Crippen LogP contribution in [-0.4, -0.2) is 40.8 Å². The van der Waals surface area contributed by atoms with Crippen LogP contribution in [0.2, 0.25) is 0 Å². The second-order valence-electron chi connectivity index (χ2n) is 8.41. The lowest BCUT2D eigenvalue weighted by molar-refractivity contribution is -0.149. The fourth-order valence-electron chi connectivity index (χ4n) is 4.84. The zero-order valence-electron chi connectivity index (χ0n) is 17.3. The zero-order valence-corrected chi connectivity index (χ0v) is 17.3. The number of aromatic nitrogens is 1. The Bertz CT molecular complexity index is 1110. The number of rotatable bonds is 3. The second-order valence-corrected chi connectivity index (χ2v) is 8.41. The summed E-state index contributed by atoms with van der Waals surface area (Å²) in [6.07, 6.45) is 3.11. The van der Waals surface area contributed by atoms with E-state index in [0.29, 0.717) is 37.1 Å². The molecule has 1 N–H and O–H groups in total. The number of nitrogens with zero attached hydrogens (tertiary/aromatic N) is 2. The van der Waals surface area contributed by atoms with Crippen molar-refractivity contribution >= 4 is 28.5 Å². The number of carbonyl (C=O) groups excluding carboxylic acids is 1. The van der Waals surface area contributed by atoms with Gasteiger partial charge in [-0.15, -0.1) is 0 Å². The molecule has 160 valence electrons. The summed E-state index contributed by atoms with van der Waals surface area (Å²) in [5, 5.41) is 9.52. The molecule has 1 saturated heterocycles. The Kier molecular flexibility index (Phi) is 5.03. The van der Waals surface area contributed by atoms with Crippen molar-refractivity contribution in [1.82, 2.24) is 4.57 Å². The Morgan fingerprint density at radius 3 is 2.63 bits per heavy atom. The highest BCUT2D eigenvalue weighted by molar-refractivity contribution is 5.95. The Morgan fingerprint density at radius 2 is 2.00 bits per heavy atom. The third kappa shape index (κ3) is 3.24. The lowest BCUT2D eigenvalue weighted by atomic mass is 9.91. The summed E-state index contributed by atoms with van der Waals surface area (Å²) in [6, 6.07) is 1.19. The van der Waals surface area contributed by atoms with E-state index in [9.17, 15) is 19.5 Å². The third-order valence-corrected chi connectivity index (χ3v) is 6.32. The number of pyridine rings is 1. The minimum atomic E-state index is -1.31. The predicted octanol–water partition coefficient (Wildman–Crippen LogP) is 3.12. The van der Waals surface area contributed by atoms with Gasteiger partial charge in [0.05, 0.1) is 11.2 Å². The molecule has 1 fully saturated rings. The molecule has 8 heteroatoms. The number of aromatic carboxylic acids is 1. The predicted molar refractivity (Wildman–Crippen MR) is 110 cm³/mol. The highest BCUT2D eigenvalue weighted by Gasteiger charge is 2.33. The first-order valence-electron chi connectivity index (χ1n) is 10.2. The zero-order chi connectivity index (χ0) is 21.7. The molecule has 4 rings (SSSR count). The number of ether oxygens (including phenoxy) is 1. The van der Waals surface area contributed by atoms with Crippen LogP contribution in [0.15, 0.2) is 17.1 Å². The van der Waals surface area contributed by atoms with Crippen LogP contribution in [0, 0.1) is 11.7 Å². The Balaban J connectivity index is 1.85. The number of esters is 1. The van der Waals surface area contributed by atoms with Gasteiger partial charge in [0, 0.05) is 55.5 Å². The topological polar surface area (TPSA) is 88.8 Å². The number of benzene rings is 1. The van der Waals surface area contributed by atoms with Crippen LogP contribution >= 0.6 is 0 Å². The standard InChI is InChI=1S/C22H25FN2O5/c1-11-9-24(7-6-18(11)30-13(3)26)20-14-5-4-12(2)25-10-16(22(28)29)21(27)15(19(14)25)8-17(20)23/h8,10-12,18H,4-7,9H2,1-3H3,(H,28,29)/t11?,12-,18?/m0/s1. The van der Waals surface area contributed by atoms with Crippen LogP contribution < -0.4 is 10.3 Å². The van der Waals surface area contributed by atoms with Gasteiger partial charge in [-0.2, -0.15) is 0 Å². The SMILES string of the molecule is CC(=O)OC1CCN(c2c(F)cc3c(=O)c(C(=O)O)cn4c3c2CC[C@@H]4C)CC1C. The van der Waals surface area contributed by atoms with Crippen molar-refractivity contribution in [3.8, 4) is 0 Å².